The number of carbonyl (C=O) groups excluding carboxylic acids is 1. The van der Waals surface area contributed by atoms with Crippen LogP contribution in [0.3, 0.4) is 0 Å². The third-order valence-electron chi connectivity index (χ3n) is 2.53. The van der Waals surface area contributed by atoms with E-state index in [-0.39, 0.29) is 5.54 Å². The zero-order valence-corrected chi connectivity index (χ0v) is 12.4. The second-order valence-electron chi connectivity index (χ2n) is 4.99. The van der Waals surface area contributed by atoms with Crippen molar-refractivity contribution in [3.05, 3.63) is 29.3 Å². The number of benzene rings is 1. The Hall–Kier alpha value is -1.26. The minimum absolute atomic E-state index is 0.242. The summed E-state index contributed by atoms with van der Waals surface area (Å²) in [5, 5.41) is 6.41. The van der Waals surface area contributed by atoms with E-state index < -0.39 is 6.09 Å². The molecule has 0 fully saturated rings. The van der Waals surface area contributed by atoms with Crippen molar-refractivity contribution in [1.82, 2.24) is 5.32 Å². The van der Waals surface area contributed by atoms with Crippen LogP contribution in [0.15, 0.2) is 24.3 Å². The molecule has 0 unspecified atom stereocenters. The van der Waals surface area contributed by atoms with Gasteiger partial charge >= 0.3 is 6.09 Å². The number of halogens is 1. The number of rotatable bonds is 6. The van der Waals surface area contributed by atoms with Crippen molar-refractivity contribution in [3.63, 3.8) is 0 Å². The van der Waals surface area contributed by atoms with Crippen molar-refractivity contribution in [2.45, 2.75) is 32.7 Å². The molecule has 4 nitrogen and oxygen atoms in total. The zero-order valence-electron chi connectivity index (χ0n) is 11.6. The summed E-state index contributed by atoms with van der Waals surface area (Å²) in [6, 6.07) is 7.04. The molecule has 0 heterocycles. The molecule has 5 heteroatoms. The van der Waals surface area contributed by atoms with Crippen LogP contribution in [0.2, 0.25) is 5.02 Å². The fourth-order valence-corrected chi connectivity index (χ4v) is 1.65. The lowest BCUT2D eigenvalue weighted by atomic mass is 10.1. The number of hydrogen-bond acceptors (Lipinski definition) is 3. The Morgan fingerprint density at radius 1 is 1.37 bits per heavy atom. The van der Waals surface area contributed by atoms with Crippen molar-refractivity contribution in [2.24, 2.45) is 0 Å². The van der Waals surface area contributed by atoms with Gasteiger partial charge in [-0.3, -0.25) is 5.32 Å². The van der Waals surface area contributed by atoms with E-state index in [2.05, 4.69) is 17.6 Å². The van der Waals surface area contributed by atoms with Gasteiger partial charge in [-0.25, -0.2) is 4.79 Å². The van der Waals surface area contributed by atoms with E-state index in [0.29, 0.717) is 17.3 Å². The molecule has 106 valence electrons. The first-order valence-electron chi connectivity index (χ1n) is 6.38. The van der Waals surface area contributed by atoms with Gasteiger partial charge in [0.05, 0.1) is 10.7 Å². The van der Waals surface area contributed by atoms with Crippen LogP contribution in [0.25, 0.3) is 0 Å². The Bertz CT molecular complexity index is 422. The molecule has 0 bridgehead atoms. The molecule has 0 aromatic heterocycles. The first-order valence-corrected chi connectivity index (χ1v) is 6.76. The summed E-state index contributed by atoms with van der Waals surface area (Å²) < 4.78 is 5.19. The lowest BCUT2D eigenvalue weighted by molar-refractivity contribution is 0.126. The Morgan fingerprint density at radius 2 is 2.05 bits per heavy atom. The molecule has 1 aromatic carbocycles. The van der Waals surface area contributed by atoms with Gasteiger partial charge in [0.15, 0.2) is 0 Å². The summed E-state index contributed by atoms with van der Waals surface area (Å²) in [5.74, 6) is 0. The van der Waals surface area contributed by atoms with E-state index in [1.54, 1.807) is 24.3 Å². The van der Waals surface area contributed by atoms with Crippen LogP contribution < -0.4 is 10.6 Å². The third-order valence-corrected chi connectivity index (χ3v) is 2.86. The van der Waals surface area contributed by atoms with Crippen LogP contribution in [0.5, 0.6) is 0 Å². The Kier molecular flexibility index (Phi) is 6.12. The first kappa shape index (κ1) is 15.8. The molecule has 0 saturated heterocycles. The van der Waals surface area contributed by atoms with Gasteiger partial charge in [-0.15, -0.1) is 0 Å². The number of ether oxygens (including phenoxy) is 1. The predicted octanol–water partition coefficient (Wildman–Crippen LogP) is 3.67. The fraction of sp³-hybridized carbons (Fsp3) is 0.500. The summed E-state index contributed by atoms with van der Waals surface area (Å²) in [6.45, 7) is 7.26. The van der Waals surface area contributed by atoms with E-state index in [1.165, 1.54) is 0 Å². The monoisotopic (exact) mass is 284 g/mol. The summed E-state index contributed by atoms with van der Waals surface area (Å²) in [7, 11) is 0. The molecule has 1 aromatic rings. The number of nitrogens with one attached hydrogen (secondary N) is 2. The van der Waals surface area contributed by atoms with E-state index in [4.69, 9.17) is 16.3 Å². The molecule has 0 aliphatic rings. The standard InChI is InChI=1S/C14H21ClN2O2/c1-4-9-16-14(2,3)10-19-13(18)17-12-8-6-5-7-11(12)15/h5-8,16H,4,9-10H2,1-3H3,(H,17,18). The summed E-state index contributed by atoms with van der Waals surface area (Å²) in [6.07, 6.45) is 0.536. The molecule has 0 radical (unpaired) electrons. The maximum absolute atomic E-state index is 11.7. The van der Waals surface area contributed by atoms with Gasteiger partial charge < -0.3 is 10.1 Å². The molecular formula is C14H21ClN2O2. The highest BCUT2D eigenvalue weighted by Crippen LogP contribution is 2.20. The number of para-hydroxylation sites is 1. The lowest BCUT2D eigenvalue weighted by Gasteiger charge is -2.25. The average Bonchev–Trinajstić information content (AvgIpc) is 2.37. The lowest BCUT2D eigenvalue weighted by Crippen LogP contribution is -2.44. The second-order valence-corrected chi connectivity index (χ2v) is 5.40. The van der Waals surface area contributed by atoms with Crippen molar-refractivity contribution in [2.75, 3.05) is 18.5 Å². The van der Waals surface area contributed by atoms with Crippen LogP contribution >= 0.6 is 11.6 Å². The molecule has 2 N–H and O–H groups in total. The molecule has 0 saturated carbocycles. The van der Waals surface area contributed by atoms with Crippen molar-refractivity contribution >= 4 is 23.4 Å². The van der Waals surface area contributed by atoms with Gasteiger partial charge in [-0.05, 0) is 38.9 Å². The van der Waals surface area contributed by atoms with Gasteiger partial charge in [0.25, 0.3) is 0 Å². The van der Waals surface area contributed by atoms with Crippen molar-refractivity contribution in [1.29, 1.82) is 0 Å². The van der Waals surface area contributed by atoms with Crippen LogP contribution in [0.1, 0.15) is 27.2 Å². The highest BCUT2D eigenvalue weighted by Gasteiger charge is 2.19. The smallest absolute Gasteiger partial charge is 0.411 e. The quantitative estimate of drug-likeness (QED) is 0.838. The van der Waals surface area contributed by atoms with Gasteiger partial charge in [0.1, 0.15) is 6.61 Å². The largest absolute Gasteiger partial charge is 0.447 e. The molecule has 19 heavy (non-hydrogen) atoms. The molecule has 0 aliphatic carbocycles. The number of amides is 1. The van der Waals surface area contributed by atoms with Crippen LogP contribution in [0.4, 0.5) is 10.5 Å². The normalized spacial score (nSPS) is 11.2. The van der Waals surface area contributed by atoms with E-state index in [1.807, 2.05) is 13.8 Å². The second kappa shape index (κ2) is 7.36. The minimum atomic E-state index is -0.500. The van der Waals surface area contributed by atoms with Crippen molar-refractivity contribution < 1.29 is 9.53 Å². The average molecular weight is 285 g/mol. The fourth-order valence-electron chi connectivity index (χ4n) is 1.47. The number of carbonyl (C=O) groups is 1. The van der Waals surface area contributed by atoms with Crippen LogP contribution in [-0.4, -0.2) is 24.8 Å². The van der Waals surface area contributed by atoms with E-state index in [9.17, 15) is 4.79 Å². The SMILES string of the molecule is CCCNC(C)(C)COC(=O)Nc1ccccc1Cl. The molecule has 0 atom stereocenters. The molecule has 1 rings (SSSR count). The maximum Gasteiger partial charge on any atom is 0.411 e. The van der Waals surface area contributed by atoms with E-state index >= 15 is 0 Å². The van der Waals surface area contributed by atoms with Crippen molar-refractivity contribution in [3.8, 4) is 0 Å². The van der Waals surface area contributed by atoms with Crippen LogP contribution in [-0.2, 0) is 4.74 Å². The predicted molar refractivity (Wildman–Crippen MR) is 78.8 cm³/mol. The highest BCUT2D eigenvalue weighted by atomic mass is 35.5. The first-order chi connectivity index (χ1) is 8.94. The molecule has 0 aliphatic heterocycles. The molecular weight excluding hydrogens is 264 g/mol. The van der Waals surface area contributed by atoms with Gasteiger partial charge in [0.2, 0.25) is 0 Å². The highest BCUT2D eigenvalue weighted by molar-refractivity contribution is 6.33. The van der Waals surface area contributed by atoms with Gasteiger partial charge in [-0.1, -0.05) is 30.7 Å². The van der Waals surface area contributed by atoms with Gasteiger partial charge in [0, 0.05) is 5.54 Å². The topological polar surface area (TPSA) is 50.4 Å². The number of hydrogen-bond donors (Lipinski definition) is 2. The summed E-state index contributed by atoms with van der Waals surface area (Å²) in [5.41, 5.74) is 0.307. The van der Waals surface area contributed by atoms with Gasteiger partial charge in [-0.2, -0.15) is 0 Å². The third kappa shape index (κ3) is 5.94. The maximum atomic E-state index is 11.7. The summed E-state index contributed by atoms with van der Waals surface area (Å²) in [4.78, 5) is 11.7. The number of anilines is 1. The minimum Gasteiger partial charge on any atom is -0.447 e. The molecule has 1 amide bonds. The van der Waals surface area contributed by atoms with Crippen LogP contribution in [0, 0.1) is 0 Å². The Morgan fingerprint density at radius 3 is 2.68 bits per heavy atom. The molecule has 0 spiro atoms. The zero-order chi connectivity index (χ0) is 14.3. The Balaban J connectivity index is 2.42. The van der Waals surface area contributed by atoms with E-state index in [0.717, 1.165) is 13.0 Å². The Labute approximate surface area is 119 Å². The summed E-state index contributed by atoms with van der Waals surface area (Å²) >= 11 is 5.94.